The summed E-state index contributed by atoms with van der Waals surface area (Å²) < 4.78 is 9.53. The number of aliphatic imine (C=N–C) groups is 2. The van der Waals surface area contributed by atoms with E-state index in [1.54, 1.807) is 39.1 Å². The quantitative estimate of drug-likeness (QED) is 0.152. The van der Waals surface area contributed by atoms with Crippen LogP contribution in [0.15, 0.2) is 34.4 Å². The summed E-state index contributed by atoms with van der Waals surface area (Å²) in [6.07, 6.45) is 0.668. The Morgan fingerprint density at radius 1 is 1.21 bits per heavy atom. The number of carbonyl (C=O) groups is 4. The van der Waals surface area contributed by atoms with Gasteiger partial charge in [0.05, 0.1) is 23.3 Å². The van der Waals surface area contributed by atoms with Crippen molar-refractivity contribution in [3.8, 4) is 0 Å². The molecule has 1 heterocycles. The predicted octanol–water partition coefficient (Wildman–Crippen LogP) is 2.32. The average Bonchev–Trinajstić information content (AvgIpc) is 3.28. The van der Waals surface area contributed by atoms with Gasteiger partial charge >= 0.3 is 12.1 Å². The number of aliphatic hydroxyl groups excluding tert-OH is 1. The van der Waals surface area contributed by atoms with Crippen LogP contribution in [0.1, 0.15) is 64.7 Å². The van der Waals surface area contributed by atoms with Crippen molar-refractivity contribution in [3.05, 3.63) is 52.3 Å². The van der Waals surface area contributed by atoms with Gasteiger partial charge in [0.2, 0.25) is 6.79 Å². The van der Waals surface area contributed by atoms with E-state index >= 15 is 0 Å². The van der Waals surface area contributed by atoms with E-state index < -0.39 is 30.9 Å². The van der Waals surface area contributed by atoms with Crippen LogP contribution >= 0.6 is 0 Å². The van der Waals surface area contributed by atoms with E-state index in [4.69, 9.17) is 10.5 Å². The highest BCUT2D eigenvalue weighted by Crippen LogP contribution is 2.24. The number of esters is 1. The number of aromatic amines is 1. The molecule has 5 N–H and O–H groups in total. The molecule has 0 aliphatic rings. The normalized spacial score (nSPS) is 12.2. The number of ether oxygens (including phenoxy) is 2. The molecule has 0 radical (unpaired) electrons. The van der Waals surface area contributed by atoms with Crippen molar-refractivity contribution in [2.45, 2.75) is 47.1 Å². The summed E-state index contributed by atoms with van der Waals surface area (Å²) in [7, 11) is 0. The monoisotopic (exact) mass is 542 g/mol. The topological polar surface area (TPSA) is 189 Å². The summed E-state index contributed by atoms with van der Waals surface area (Å²) in [5, 5.41) is 11.9. The van der Waals surface area contributed by atoms with Crippen LogP contribution in [-0.4, -0.2) is 77.0 Å². The number of nitrogens with two attached hydrogens (primary N) is 1. The van der Waals surface area contributed by atoms with Crippen LogP contribution in [0.5, 0.6) is 0 Å². The number of rotatable bonds is 10. The first-order chi connectivity index (χ1) is 18.5. The van der Waals surface area contributed by atoms with Crippen molar-refractivity contribution in [3.63, 3.8) is 0 Å². The first-order valence-electron chi connectivity index (χ1n) is 12.3. The molecular weight excluding hydrogens is 508 g/mol. The minimum atomic E-state index is -1.38. The minimum absolute atomic E-state index is 0.0431. The fourth-order valence-corrected chi connectivity index (χ4v) is 3.41. The number of amidine groups is 1. The summed E-state index contributed by atoms with van der Waals surface area (Å²) in [5.74, 6) is -1.69. The molecule has 3 amide bonds. The standard InChI is InChI=1S/C26H34N6O7/c1-6-10-32(26(37)39-14-38-25(36)17(5)33)24(35)18-9-8-15(3)20(11-18)31-22(30-13-27)21-16(4)19(12-29-21)23(34)28-7-2/h8-9,11-13,17,29,33H,6-7,10,14H2,1-5H3,(H,28,34)(H2,27,30,31). The molecule has 0 bridgehead atoms. The molecule has 1 atom stereocenters. The smallest absolute Gasteiger partial charge is 0.419 e. The molecule has 13 heteroatoms. The van der Waals surface area contributed by atoms with Crippen molar-refractivity contribution in [1.29, 1.82) is 0 Å². The average molecular weight is 543 g/mol. The van der Waals surface area contributed by atoms with Crippen LogP contribution in [0, 0.1) is 13.8 Å². The second-order valence-electron chi connectivity index (χ2n) is 8.40. The van der Waals surface area contributed by atoms with Gasteiger partial charge in [-0.15, -0.1) is 0 Å². The number of benzene rings is 1. The molecule has 0 spiro atoms. The maximum absolute atomic E-state index is 13.2. The summed E-state index contributed by atoms with van der Waals surface area (Å²) in [5.41, 5.74) is 8.31. The van der Waals surface area contributed by atoms with Gasteiger partial charge in [0, 0.05) is 24.8 Å². The Morgan fingerprint density at radius 3 is 2.54 bits per heavy atom. The van der Waals surface area contributed by atoms with Crippen LogP contribution in [0.4, 0.5) is 10.5 Å². The molecule has 0 fully saturated rings. The Kier molecular flexibility index (Phi) is 11.4. The molecule has 13 nitrogen and oxygen atoms in total. The van der Waals surface area contributed by atoms with Crippen LogP contribution in [0.2, 0.25) is 0 Å². The molecule has 39 heavy (non-hydrogen) atoms. The lowest BCUT2D eigenvalue weighted by Crippen LogP contribution is -2.38. The van der Waals surface area contributed by atoms with Gasteiger partial charge in [-0.3, -0.25) is 9.59 Å². The number of aryl methyl sites for hydroxylation is 1. The van der Waals surface area contributed by atoms with Crippen molar-refractivity contribution in [1.82, 2.24) is 15.2 Å². The lowest BCUT2D eigenvalue weighted by atomic mass is 10.1. The van der Waals surface area contributed by atoms with Crippen LogP contribution in [-0.2, 0) is 14.3 Å². The van der Waals surface area contributed by atoms with Crippen molar-refractivity contribution < 1.29 is 33.8 Å². The molecule has 0 saturated carbocycles. The van der Waals surface area contributed by atoms with Gasteiger partial charge in [-0.1, -0.05) is 13.0 Å². The van der Waals surface area contributed by atoms with Crippen LogP contribution in [0.25, 0.3) is 0 Å². The summed E-state index contributed by atoms with van der Waals surface area (Å²) in [6.45, 7) is 8.09. The van der Waals surface area contributed by atoms with E-state index in [-0.39, 0.29) is 23.9 Å². The molecule has 1 aromatic carbocycles. The van der Waals surface area contributed by atoms with Gasteiger partial charge in [0.15, 0.2) is 5.84 Å². The van der Waals surface area contributed by atoms with E-state index in [1.165, 1.54) is 13.0 Å². The number of nitrogens with one attached hydrogen (secondary N) is 2. The molecule has 0 aliphatic heterocycles. The van der Waals surface area contributed by atoms with Gasteiger partial charge in [-0.2, -0.15) is 0 Å². The first kappa shape index (κ1) is 30.7. The number of nitrogens with zero attached hydrogens (tertiary/aromatic N) is 3. The lowest BCUT2D eigenvalue weighted by Gasteiger charge is -2.20. The molecular formula is C26H34N6O7. The largest absolute Gasteiger partial charge is 0.426 e. The predicted molar refractivity (Wildman–Crippen MR) is 144 cm³/mol. The van der Waals surface area contributed by atoms with E-state index in [1.807, 2.05) is 6.92 Å². The molecule has 0 aliphatic carbocycles. The third-order valence-corrected chi connectivity index (χ3v) is 5.46. The maximum Gasteiger partial charge on any atom is 0.419 e. The first-order valence-corrected chi connectivity index (χ1v) is 12.3. The zero-order chi connectivity index (χ0) is 29.1. The summed E-state index contributed by atoms with van der Waals surface area (Å²) in [4.78, 5) is 62.2. The number of hydrogen-bond donors (Lipinski definition) is 4. The van der Waals surface area contributed by atoms with E-state index in [0.29, 0.717) is 41.0 Å². The number of aliphatic hydroxyl groups is 1. The number of H-pyrrole nitrogens is 1. The van der Waals surface area contributed by atoms with E-state index in [2.05, 4.69) is 25.0 Å². The Morgan fingerprint density at radius 2 is 1.92 bits per heavy atom. The Balaban J connectivity index is 2.38. The zero-order valence-corrected chi connectivity index (χ0v) is 22.6. The Labute approximate surface area is 226 Å². The maximum atomic E-state index is 13.2. The number of aromatic nitrogens is 1. The second kappa shape index (κ2) is 14.4. The second-order valence-corrected chi connectivity index (χ2v) is 8.40. The lowest BCUT2D eigenvalue weighted by molar-refractivity contribution is -0.161. The zero-order valence-electron chi connectivity index (χ0n) is 22.6. The Bertz CT molecular complexity index is 1270. The summed E-state index contributed by atoms with van der Waals surface area (Å²) >= 11 is 0. The molecule has 2 aromatic rings. The van der Waals surface area contributed by atoms with Crippen molar-refractivity contribution in [2.24, 2.45) is 15.7 Å². The fraction of sp³-hybridized carbons (Fsp3) is 0.385. The van der Waals surface area contributed by atoms with Gasteiger partial charge in [-0.25, -0.2) is 24.5 Å². The number of imide groups is 1. The molecule has 0 saturated heterocycles. The number of carbonyl (C=O) groups excluding carboxylic acids is 4. The molecule has 2 rings (SSSR count). The van der Waals surface area contributed by atoms with Crippen molar-refractivity contribution >= 4 is 41.7 Å². The third kappa shape index (κ3) is 7.98. The van der Waals surface area contributed by atoms with Crippen LogP contribution < -0.4 is 11.1 Å². The van der Waals surface area contributed by atoms with Gasteiger partial charge in [-0.05, 0) is 57.4 Å². The van der Waals surface area contributed by atoms with Gasteiger partial charge < -0.3 is 30.6 Å². The third-order valence-electron chi connectivity index (χ3n) is 5.46. The Hall–Kier alpha value is -4.52. The van der Waals surface area contributed by atoms with Gasteiger partial charge in [0.25, 0.3) is 11.8 Å². The minimum Gasteiger partial charge on any atom is -0.426 e. The SMILES string of the molecule is CCCN(C(=O)OCOC(=O)C(C)O)C(=O)c1ccc(C)c(N=C(N=CN)c2[nH]cc(C(=O)NCC)c2C)c1. The van der Waals surface area contributed by atoms with Crippen LogP contribution in [0.3, 0.4) is 0 Å². The summed E-state index contributed by atoms with van der Waals surface area (Å²) in [6, 6.07) is 4.70. The highest BCUT2D eigenvalue weighted by Gasteiger charge is 2.25. The molecule has 1 unspecified atom stereocenters. The van der Waals surface area contributed by atoms with Gasteiger partial charge in [0.1, 0.15) is 6.10 Å². The van der Waals surface area contributed by atoms with E-state index in [9.17, 15) is 24.3 Å². The van der Waals surface area contributed by atoms with Crippen molar-refractivity contribution in [2.75, 3.05) is 19.9 Å². The highest BCUT2D eigenvalue weighted by molar-refractivity contribution is 6.07. The molecule has 210 valence electrons. The highest BCUT2D eigenvalue weighted by atomic mass is 16.7. The number of hydrogen-bond acceptors (Lipinski definition) is 8. The fourth-order valence-electron chi connectivity index (χ4n) is 3.41. The van der Waals surface area contributed by atoms with E-state index in [0.717, 1.165) is 11.2 Å². The number of amides is 3. The molecule has 1 aromatic heterocycles.